The number of para-hydroxylation sites is 2. The van der Waals surface area contributed by atoms with E-state index in [0.29, 0.717) is 0 Å². The van der Waals surface area contributed by atoms with E-state index in [-0.39, 0.29) is 0 Å². The van der Waals surface area contributed by atoms with Crippen molar-refractivity contribution < 1.29 is 4.42 Å². The molecule has 0 aliphatic rings. The van der Waals surface area contributed by atoms with Crippen molar-refractivity contribution in [1.82, 2.24) is 4.98 Å². The highest BCUT2D eigenvalue weighted by Crippen LogP contribution is 2.42. The maximum atomic E-state index is 6.54. The Balaban J connectivity index is 0.961. The molecule has 0 radical (unpaired) electrons. The molecule has 0 fully saturated rings. The molecule has 9 aromatic carbocycles. The third kappa shape index (κ3) is 5.89. The fraction of sp³-hybridized carbons (Fsp3) is 0. The van der Waals surface area contributed by atoms with Crippen LogP contribution in [0, 0.1) is 0 Å². The van der Waals surface area contributed by atoms with Crippen LogP contribution >= 0.6 is 0 Å². The topological polar surface area (TPSA) is 29.3 Å². The second-order valence-electron chi connectivity index (χ2n) is 14.7. The number of hydrogen-bond acceptors (Lipinski definition) is 3. The summed E-state index contributed by atoms with van der Waals surface area (Å²) in [5.41, 5.74) is 15.1. The molecule has 2 heterocycles. The number of benzene rings is 9. The first kappa shape index (κ1) is 33.6. The van der Waals surface area contributed by atoms with Crippen molar-refractivity contribution in [2.24, 2.45) is 0 Å². The first-order valence-corrected chi connectivity index (χ1v) is 19.7. The maximum Gasteiger partial charge on any atom is 0.144 e. The molecule has 0 saturated carbocycles. The van der Waals surface area contributed by atoms with Gasteiger partial charge in [-0.2, -0.15) is 0 Å². The molecule has 0 spiro atoms. The third-order valence-corrected chi connectivity index (χ3v) is 11.3. The molecule has 0 aliphatic carbocycles. The zero-order valence-electron chi connectivity index (χ0n) is 31.6. The quantitative estimate of drug-likeness (QED) is 0.152. The van der Waals surface area contributed by atoms with Crippen LogP contribution in [0.5, 0.6) is 0 Å². The van der Waals surface area contributed by atoms with Crippen LogP contribution in [0.2, 0.25) is 0 Å². The molecule has 11 rings (SSSR count). The van der Waals surface area contributed by atoms with E-state index in [1.165, 1.54) is 22.3 Å². The number of fused-ring (bicyclic) bond motifs is 7. The SMILES string of the molecule is c1ccc(-c2ccc(N(c3ccc(-c4ccc(-c5nc6ccccc6c6c5ccc5c7ccccc7oc56)cc4)cc3)c3cccc(-c4ccccc4)c3)cc2)cc1. The lowest BCUT2D eigenvalue weighted by Gasteiger charge is -2.26. The summed E-state index contributed by atoms with van der Waals surface area (Å²) in [7, 11) is 0. The summed E-state index contributed by atoms with van der Waals surface area (Å²) in [5.74, 6) is 0. The van der Waals surface area contributed by atoms with E-state index >= 15 is 0 Å². The lowest BCUT2D eigenvalue weighted by Crippen LogP contribution is -2.10. The molecule has 0 amide bonds. The normalized spacial score (nSPS) is 11.4. The molecule has 0 N–H and O–H groups in total. The second-order valence-corrected chi connectivity index (χ2v) is 14.7. The van der Waals surface area contributed by atoms with Gasteiger partial charge in [0, 0.05) is 49.6 Å². The summed E-state index contributed by atoms with van der Waals surface area (Å²) < 4.78 is 6.54. The highest BCUT2D eigenvalue weighted by molar-refractivity contribution is 6.24. The first-order chi connectivity index (χ1) is 28.7. The molecule has 58 heavy (non-hydrogen) atoms. The van der Waals surface area contributed by atoms with Crippen LogP contribution in [0.1, 0.15) is 0 Å². The first-order valence-electron chi connectivity index (χ1n) is 19.7. The largest absolute Gasteiger partial charge is 0.455 e. The van der Waals surface area contributed by atoms with Crippen molar-refractivity contribution in [2.75, 3.05) is 4.90 Å². The Bertz CT molecular complexity index is 3240. The molecule has 3 nitrogen and oxygen atoms in total. The smallest absolute Gasteiger partial charge is 0.144 e. The van der Waals surface area contributed by atoms with E-state index in [9.17, 15) is 0 Å². The van der Waals surface area contributed by atoms with Crippen molar-refractivity contribution >= 4 is 60.7 Å². The highest BCUT2D eigenvalue weighted by atomic mass is 16.3. The van der Waals surface area contributed by atoms with Crippen LogP contribution < -0.4 is 4.90 Å². The fourth-order valence-corrected chi connectivity index (χ4v) is 8.40. The number of anilines is 3. The Morgan fingerprint density at radius 2 is 0.828 bits per heavy atom. The predicted octanol–water partition coefficient (Wildman–Crippen LogP) is 15.4. The lowest BCUT2D eigenvalue weighted by atomic mass is 9.96. The summed E-state index contributed by atoms with van der Waals surface area (Å²) in [5, 5.41) is 5.52. The summed E-state index contributed by atoms with van der Waals surface area (Å²) >= 11 is 0. The van der Waals surface area contributed by atoms with Crippen LogP contribution in [-0.2, 0) is 0 Å². The zero-order chi connectivity index (χ0) is 38.4. The van der Waals surface area contributed by atoms with Gasteiger partial charge in [-0.05, 0) is 88.0 Å². The van der Waals surface area contributed by atoms with Gasteiger partial charge < -0.3 is 9.32 Å². The van der Waals surface area contributed by atoms with Crippen molar-refractivity contribution in [1.29, 1.82) is 0 Å². The zero-order valence-corrected chi connectivity index (χ0v) is 31.6. The molecule has 2 aromatic heterocycles. The van der Waals surface area contributed by atoms with Crippen molar-refractivity contribution in [3.05, 3.63) is 218 Å². The van der Waals surface area contributed by atoms with Gasteiger partial charge in [0.1, 0.15) is 11.2 Å². The minimum absolute atomic E-state index is 0.896. The molecule has 0 saturated heterocycles. The Hall–Kier alpha value is -7.75. The number of furan rings is 1. The lowest BCUT2D eigenvalue weighted by molar-refractivity contribution is 0.673. The average molecular weight is 741 g/mol. The molecule has 272 valence electrons. The maximum absolute atomic E-state index is 6.54. The number of pyridine rings is 1. The van der Waals surface area contributed by atoms with Crippen molar-refractivity contribution in [3.63, 3.8) is 0 Å². The van der Waals surface area contributed by atoms with Gasteiger partial charge in [0.25, 0.3) is 0 Å². The van der Waals surface area contributed by atoms with Gasteiger partial charge in [0.15, 0.2) is 0 Å². The van der Waals surface area contributed by atoms with E-state index in [2.05, 4.69) is 211 Å². The summed E-state index contributed by atoms with van der Waals surface area (Å²) in [6.07, 6.45) is 0. The summed E-state index contributed by atoms with van der Waals surface area (Å²) in [4.78, 5) is 7.56. The van der Waals surface area contributed by atoms with E-state index in [1.54, 1.807) is 0 Å². The van der Waals surface area contributed by atoms with Gasteiger partial charge in [-0.3, -0.25) is 0 Å². The number of rotatable bonds is 7. The molecular formula is C55H36N2O. The number of nitrogens with zero attached hydrogens (tertiary/aromatic N) is 2. The molecule has 0 aliphatic heterocycles. The molecule has 0 unspecified atom stereocenters. The van der Waals surface area contributed by atoms with Crippen LogP contribution in [0.3, 0.4) is 0 Å². The van der Waals surface area contributed by atoms with Gasteiger partial charge in [-0.1, -0.05) is 164 Å². The van der Waals surface area contributed by atoms with Crippen LogP contribution in [0.4, 0.5) is 17.1 Å². The van der Waals surface area contributed by atoms with Gasteiger partial charge in [-0.25, -0.2) is 4.98 Å². The van der Waals surface area contributed by atoms with Crippen molar-refractivity contribution in [2.45, 2.75) is 0 Å². The van der Waals surface area contributed by atoms with Gasteiger partial charge in [-0.15, -0.1) is 0 Å². The van der Waals surface area contributed by atoms with E-state index < -0.39 is 0 Å². The Morgan fingerprint density at radius 3 is 1.50 bits per heavy atom. The Kier molecular flexibility index (Phi) is 8.15. The monoisotopic (exact) mass is 740 g/mol. The third-order valence-electron chi connectivity index (χ3n) is 11.3. The van der Waals surface area contributed by atoms with Crippen LogP contribution in [0.25, 0.3) is 88.3 Å². The summed E-state index contributed by atoms with van der Waals surface area (Å²) in [6.45, 7) is 0. The predicted molar refractivity (Wildman–Crippen MR) is 243 cm³/mol. The minimum Gasteiger partial charge on any atom is -0.455 e. The van der Waals surface area contributed by atoms with Crippen molar-refractivity contribution in [3.8, 4) is 44.6 Å². The highest BCUT2D eigenvalue weighted by Gasteiger charge is 2.18. The average Bonchev–Trinajstić information content (AvgIpc) is 3.69. The van der Waals surface area contributed by atoms with Gasteiger partial charge >= 0.3 is 0 Å². The van der Waals surface area contributed by atoms with E-state index in [1.807, 2.05) is 12.1 Å². The van der Waals surface area contributed by atoms with E-state index in [0.717, 1.165) is 83.1 Å². The number of hydrogen-bond donors (Lipinski definition) is 0. The Morgan fingerprint density at radius 1 is 0.328 bits per heavy atom. The van der Waals surface area contributed by atoms with E-state index in [4.69, 9.17) is 9.40 Å². The van der Waals surface area contributed by atoms with Gasteiger partial charge in [0.2, 0.25) is 0 Å². The molecule has 11 aromatic rings. The Labute approximate surface area is 336 Å². The molecular weight excluding hydrogens is 705 g/mol. The molecule has 3 heteroatoms. The van der Waals surface area contributed by atoms with Crippen LogP contribution in [0.15, 0.2) is 223 Å². The second kappa shape index (κ2) is 14.1. The minimum atomic E-state index is 0.896. The summed E-state index contributed by atoms with van der Waals surface area (Å²) in [6, 6.07) is 77.4. The van der Waals surface area contributed by atoms with Gasteiger partial charge in [0.05, 0.1) is 11.2 Å². The standard InChI is InChI=1S/C55H36N2O/c1-3-12-37(13-4-1)40-26-30-44(31-27-40)57(46-17-11-16-43(36-46)38-14-5-2-6-15-38)45-32-28-41(29-33-45)39-22-24-42(25-23-39)54-50-35-34-48-47-18-8-10-21-52(47)58-55(48)53(50)49-19-7-9-20-51(49)56-54/h1-36H. The van der Waals surface area contributed by atoms with Crippen LogP contribution in [-0.4, -0.2) is 4.98 Å². The molecule has 0 bridgehead atoms. The number of aromatic nitrogens is 1. The fourth-order valence-electron chi connectivity index (χ4n) is 8.40. The molecule has 0 atom stereocenters.